The first-order valence-corrected chi connectivity index (χ1v) is 7.53. The molecule has 1 aromatic rings. The quantitative estimate of drug-likeness (QED) is 0.725. The molecule has 0 fully saturated rings. The molecule has 0 heterocycles. The molecule has 1 aromatic carbocycles. The Balaban J connectivity index is 3.19. The molecule has 18 heavy (non-hydrogen) atoms. The van der Waals surface area contributed by atoms with E-state index in [9.17, 15) is 8.42 Å². The van der Waals surface area contributed by atoms with E-state index in [1.807, 2.05) is 13.8 Å². The summed E-state index contributed by atoms with van der Waals surface area (Å²) in [6.07, 6.45) is 1.61. The number of benzene rings is 1. The van der Waals surface area contributed by atoms with Crippen molar-refractivity contribution in [3.8, 4) is 0 Å². The average molecular weight is 271 g/mol. The van der Waals surface area contributed by atoms with E-state index in [0.29, 0.717) is 12.2 Å². The molecular weight excluding hydrogens is 250 g/mol. The molecule has 0 aliphatic heterocycles. The third kappa shape index (κ3) is 3.22. The van der Waals surface area contributed by atoms with Gasteiger partial charge in [0.2, 0.25) is 10.0 Å². The molecule has 0 aliphatic carbocycles. The number of hydrogen-bond donors (Lipinski definition) is 3. The van der Waals surface area contributed by atoms with E-state index in [-0.39, 0.29) is 10.4 Å². The molecule has 1 rings (SSSR count). The van der Waals surface area contributed by atoms with Crippen molar-refractivity contribution in [3.05, 3.63) is 24.3 Å². The highest BCUT2D eigenvalue weighted by Gasteiger charge is 2.26. The average Bonchev–Trinajstić information content (AvgIpc) is 2.35. The Kier molecular flexibility index (Phi) is 4.72. The Labute approximate surface area is 109 Å². The zero-order valence-electron chi connectivity index (χ0n) is 10.8. The van der Waals surface area contributed by atoms with Crippen molar-refractivity contribution in [3.63, 3.8) is 0 Å². The van der Waals surface area contributed by atoms with Crippen LogP contribution in [0.1, 0.15) is 26.7 Å². The Hall–Kier alpha value is -1.11. The van der Waals surface area contributed by atoms with Crippen LogP contribution >= 0.6 is 0 Å². The maximum absolute atomic E-state index is 11.5. The number of para-hydroxylation sites is 1. The van der Waals surface area contributed by atoms with Crippen LogP contribution in [0.3, 0.4) is 0 Å². The van der Waals surface area contributed by atoms with Crippen LogP contribution in [0.2, 0.25) is 0 Å². The summed E-state index contributed by atoms with van der Waals surface area (Å²) in [6.45, 7) is 4.46. The van der Waals surface area contributed by atoms with Gasteiger partial charge in [0, 0.05) is 12.1 Å². The van der Waals surface area contributed by atoms with Gasteiger partial charge in [-0.2, -0.15) is 0 Å². The maximum atomic E-state index is 11.5. The maximum Gasteiger partial charge on any atom is 0.240 e. The molecular formula is C12H21N3O2S. The molecule has 5 nitrogen and oxygen atoms in total. The molecule has 5 N–H and O–H groups in total. The summed E-state index contributed by atoms with van der Waals surface area (Å²) < 4.78 is 23.0. The fourth-order valence-electron chi connectivity index (χ4n) is 1.87. The highest BCUT2D eigenvalue weighted by atomic mass is 32.2. The molecule has 102 valence electrons. The smallest absolute Gasteiger partial charge is 0.240 e. The van der Waals surface area contributed by atoms with Crippen molar-refractivity contribution < 1.29 is 8.42 Å². The zero-order valence-corrected chi connectivity index (χ0v) is 11.6. The molecule has 0 saturated heterocycles. The molecule has 0 saturated carbocycles. The Morgan fingerprint density at radius 1 is 1.22 bits per heavy atom. The second-order valence-electron chi connectivity index (χ2n) is 4.36. The first kappa shape index (κ1) is 14.9. The summed E-state index contributed by atoms with van der Waals surface area (Å²) in [5.74, 6) is 0. The molecule has 0 unspecified atom stereocenters. The van der Waals surface area contributed by atoms with E-state index in [1.54, 1.807) is 18.2 Å². The lowest BCUT2D eigenvalue weighted by molar-refractivity contribution is 0.444. The summed E-state index contributed by atoms with van der Waals surface area (Å²) in [4.78, 5) is 0.102. The number of sulfonamides is 1. The predicted octanol–water partition coefficient (Wildman–Crippen LogP) is 1.26. The van der Waals surface area contributed by atoms with Crippen LogP contribution < -0.4 is 16.2 Å². The SMILES string of the molecule is CCC(CC)(CN)Nc1ccccc1S(N)(=O)=O. The molecule has 0 atom stereocenters. The lowest BCUT2D eigenvalue weighted by Gasteiger charge is -2.33. The minimum atomic E-state index is -3.73. The van der Waals surface area contributed by atoms with Crippen LogP contribution in [-0.2, 0) is 10.0 Å². The van der Waals surface area contributed by atoms with Crippen LogP contribution in [-0.4, -0.2) is 20.5 Å². The molecule has 0 radical (unpaired) electrons. The van der Waals surface area contributed by atoms with Crippen LogP contribution in [0, 0.1) is 0 Å². The Morgan fingerprint density at radius 3 is 2.22 bits per heavy atom. The molecule has 0 aromatic heterocycles. The van der Waals surface area contributed by atoms with E-state index >= 15 is 0 Å². The second kappa shape index (κ2) is 5.69. The number of primary sulfonamides is 1. The van der Waals surface area contributed by atoms with Crippen molar-refractivity contribution in [2.75, 3.05) is 11.9 Å². The van der Waals surface area contributed by atoms with Crippen molar-refractivity contribution in [2.45, 2.75) is 37.1 Å². The number of nitrogens with one attached hydrogen (secondary N) is 1. The second-order valence-corrected chi connectivity index (χ2v) is 5.89. The number of anilines is 1. The van der Waals surface area contributed by atoms with Gasteiger partial charge in [-0.15, -0.1) is 0 Å². The fourth-order valence-corrected chi connectivity index (χ4v) is 2.56. The van der Waals surface area contributed by atoms with Crippen LogP contribution in [0.25, 0.3) is 0 Å². The summed E-state index contributed by atoms with van der Waals surface area (Å²) >= 11 is 0. The van der Waals surface area contributed by atoms with Crippen molar-refractivity contribution in [2.24, 2.45) is 10.9 Å². The van der Waals surface area contributed by atoms with Gasteiger partial charge in [0.15, 0.2) is 0 Å². The minimum Gasteiger partial charge on any atom is -0.377 e. The normalized spacial score (nSPS) is 12.4. The highest BCUT2D eigenvalue weighted by molar-refractivity contribution is 7.89. The van der Waals surface area contributed by atoms with Gasteiger partial charge in [0.05, 0.1) is 5.69 Å². The van der Waals surface area contributed by atoms with Crippen molar-refractivity contribution in [1.29, 1.82) is 0 Å². The van der Waals surface area contributed by atoms with E-state index in [0.717, 1.165) is 12.8 Å². The van der Waals surface area contributed by atoms with Crippen LogP contribution in [0.4, 0.5) is 5.69 Å². The lowest BCUT2D eigenvalue weighted by Crippen LogP contribution is -2.44. The van der Waals surface area contributed by atoms with Gasteiger partial charge in [0.25, 0.3) is 0 Å². The molecule has 6 heteroatoms. The van der Waals surface area contributed by atoms with Gasteiger partial charge in [-0.1, -0.05) is 26.0 Å². The Bertz CT molecular complexity index is 488. The highest BCUT2D eigenvalue weighted by Crippen LogP contribution is 2.26. The van der Waals surface area contributed by atoms with E-state index in [2.05, 4.69) is 5.32 Å². The molecule has 0 bridgehead atoms. The predicted molar refractivity (Wildman–Crippen MR) is 73.8 cm³/mol. The van der Waals surface area contributed by atoms with Gasteiger partial charge in [-0.05, 0) is 25.0 Å². The third-order valence-corrected chi connectivity index (χ3v) is 4.31. The largest absolute Gasteiger partial charge is 0.377 e. The lowest BCUT2D eigenvalue weighted by atomic mass is 9.92. The van der Waals surface area contributed by atoms with Crippen LogP contribution in [0.5, 0.6) is 0 Å². The van der Waals surface area contributed by atoms with Gasteiger partial charge in [0.1, 0.15) is 4.90 Å². The van der Waals surface area contributed by atoms with Gasteiger partial charge < -0.3 is 11.1 Å². The van der Waals surface area contributed by atoms with Gasteiger partial charge >= 0.3 is 0 Å². The first-order valence-electron chi connectivity index (χ1n) is 5.98. The van der Waals surface area contributed by atoms with E-state index in [4.69, 9.17) is 10.9 Å². The van der Waals surface area contributed by atoms with E-state index in [1.165, 1.54) is 6.07 Å². The topological polar surface area (TPSA) is 98.2 Å². The number of nitrogens with two attached hydrogens (primary N) is 2. The van der Waals surface area contributed by atoms with Gasteiger partial charge in [-0.25, -0.2) is 13.6 Å². The van der Waals surface area contributed by atoms with Crippen molar-refractivity contribution in [1.82, 2.24) is 0 Å². The number of rotatable bonds is 6. The summed E-state index contributed by atoms with van der Waals surface area (Å²) in [5, 5.41) is 8.43. The summed E-state index contributed by atoms with van der Waals surface area (Å²) in [6, 6.07) is 6.61. The monoisotopic (exact) mass is 271 g/mol. The van der Waals surface area contributed by atoms with Crippen molar-refractivity contribution >= 4 is 15.7 Å². The molecule has 0 spiro atoms. The van der Waals surface area contributed by atoms with Gasteiger partial charge in [-0.3, -0.25) is 0 Å². The Morgan fingerprint density at radius 2 is 1.78 bits per heavy atom. The van der Waals surface area contributed by atoms with E-state index < -0.39 is 10.0 Å². The zero-order chi connectivity index (χ0) is 13.8. The number of hydrogen-bond acceptors (Lipinski definition) is 4. The fraction of sp³-hybridized carbons (Fsp3) is 0.500. The minimum absolute atomic E-state index is 0.102. The molecule has 0 aliphatic rings. The third-order valence-electron chi connectivity index (χ3n) is 3.34. The van der Waals surface area contributed by atoms with Crippen LogP contribution in [0.15, 0.2) is 29.2 Å². The first-order chi connectivity index (χ1) is 8.38. The summed E-state index contributed by atoms with van der Waals surface area (Å²) in [7, 11) is -3.73. The molecule has 0 amide bonds. The summed E-state index contributed by atoms with van der Waals surface area (Å²) in [5.41, 5.74) is 6.00. The standard InChI is InChI=1S/C12H21N3O2S/c1-3-12(4-2,9-13)15-10-7-5-6-8-11(10)18(14,16)17/h5-8,15H,3-4,9,13H2,1-2H3,(H2,14,16,17).